The van der Waals surface area contributed by atoms with Gasteiger partial charge in [-0.15, -0.1) is 0 Å². The molecule has 0 aliphatic rings. The summed E-state index contributed by atoms with van der Waals surface area (Å²) in [6, 6.07) is 4.07. The molecule has 1 aromatic rings. The van der Waals surface area contributed by atoms with E-state index in [2.05, 4.69) is 17.2 Å². The van der Waals surface area contributed by atoms with Crippen LogP contribution in [-0.2, 0) is 6.54 Å². The van der Waals surface area contributed by atoms with E-state index in [1.807, 2.05) is 25.3 Å². The number of hydrogen-bond acceptors (Lipinski definition) is 5. The van der Waals surface area contributed by atoms with Crippen molar-refractivity contribution in [2.45, 2.75) is 31.7 Å². The standard InChI is InChI=1S/C13H22N2O2S/c1-9-5-12(17-3)6-11(15-9)7-14-10(2)13(8-16)18-4/h5-6,10,13-14,16H,7-8H2,1-4H3. The molecule has 0 saturated heterocycles. The van der Waals surface area contributed by atoms with Crippen LogP contribution >= 0.6 is 11.8 Å². The van der Waals surface area contributed by atoms with Gasteiger partial charge in [0.2, 0.25) is 0 Å². The van der Waals surface area contributed by atoms with Crippen molar-refractivity contribution in [1.82, 2.24) is 10.3 Å². The lowest BCUT2D eigenvalue weighted by Crippen LogP contribution is -2.37. The maximum absolute atomic E-state index is 9.22. The minimum atomic E-state index is 0.180. The molecule has 0 aliphatic carbocycles. The second kappa shape index (κ2) is 7.61. The predicted molar refractivity (Wildman–Crippen MR) is 76.2 cm³/mol. The Morgan fingerprint density at radius 1 is 1.50 bits per heavy atom. The molecule has 2 N–H and O–H groups in total. The molecule has 1 heterocycles. The van der Waals surface area contributed by atoms with Crippen LogP contribution in [0.15, 0.2) is 12.1 Å². The molecule has 2 unspecified atom stereocenters. The number of pyridine rings is 1. The van der Waals surface area contributed by atoms with E-state index in [1.165, 1.54) is 0 Å². The van der Waals surface area contributed by atoms with Crippen LogP contribution in [0.5, 0.6) is 5.75 Å². The molecule has 0 saturated carbocycles. The highest BCUT2D eigenvalue weighted by Crippen LogP contribution is 2.14. The number of methoxy groups -OCH3 is 1. The molecule has 102 valence electrons. The van der Waals surface area contributed by atoms with Gasteiger partial charge in [0.25, 0.3) is 0 Å². The molecule has 0 amide bonds. The molecule has 1 aromatic heterocycles. The van der Waals surface area contributed by atoms with Gasteiger partial charge in [0.15, 0.2) is 0 Å². The molecule has 5 heteroatoms. The Balaban J connectivity index is 2.60. The smallest absolute Gasteiger partial charge is 0.122 e. The van der Waals surface area contributed by atoms with Crippen molar-refractivity contribution in [2.75, 3.05) is 20.0 Å². The third-order valence-corrected chi connectivity index (χ3v) is 4.02. The molecule has 0 fully saturated rings. The largest absolute Gasteiger partial charge is 0.497 e. The number of rotatable bonds is 7. The van der Waals surface area contributed by atoms with Gasteiger partial charge in [-0.25, -0.2) is 0 Å². The lowest BCUT2D eigenvalue weighted by atomic mass is 10.2. The molecular formula is C13H22N2O2S. The zero-order valence-electron chi connectivity index (χ0n) is 11.4. The second-order valence-electron chi connectivity index (χ2n) is 4.27. The molecular weight excluding hydrogens is 248 g/mol. The summed E-state index contributed by atoms with van der Waals surface area (Å²) in [4.78, 5) is 4.45. The highest BCUT2D eigenvalue weighted by Gasteiger charge is 2.14. The minimum Gasteiger partial charge on any atom is -0.497 e. The van der Waals surface area contributed by atoms with Gasteiger partial charge < -0.3 is 15.2 Å². The van der Waals surface area contributed by atoms with Gasteiger partial charge in [0.1, 0.15) is 5.75 Å². The zero-order chi connectivity index (χ0) is 13.5. The van der Waals surface area contributed by atoms with Crippen LogP contribution in [0.1, 0.15) is 18.3 Å². The molecule has 4 nitrogen and oxygen atoms in total. The van der Waals surface area contributed by atoms with Crippen LogP contribution in [0.2, 0.25) is 0 Å². The van der Waals surface area contributed by atoms with Gasteiger partial charge in [-0.05, 0) is 20.1 Å². The van der Waals surface area contributed by atoms with Gasteiger partial charge in [-0.1, -0.05) is 0 Å². The van der Waals surface area contributed by atoms with Crippen LogP contribution in [0.3, 0.4) is 0 Å². The summed E-state index contributed by atoms with van der Waals surface area (Å²) in [5.41, 5.74) is 1.90. The summed E-state index contributed by atoms with van der Waals surface area (Å²) in [6.45, 7) is 4.88. The van der Waals surface area contributed by atoms with Gasteiger partial charge >= 0.3 is 0 Å². The Morgan fingerprint density at radius 3 is 2.78 bits per heavy atom. The van der Waals surface area contributed by atoms with Gasteiger partial charge in [0.05, 0.1) is 19.4 Å². The Hall–Kier alpha value is -0.780. The van der Waals surface area contributed by atoms with Crippen molar-refractivity contribution in [3.63, 3.8) is 0 Å². The normalized spacial score (nSPS) is 14.3. The fraction of sp³-hybridized carbons (Fsp3) is 0.615. The molecule has 18 heavy (non-hydrogen) atoms. The number of hydrogen-bond donors (Lipinski definition) is 2. The molecule has 2 atom stereocenters. The number of aromatic nitrogens is 1. The third-order valence-electron chi connectivity index (χ3n) is 2.86. The SMILES string of the molecule is COc1cc(C)nc(CNC(C)C(CO)SC)c1. The van der Waals surface area contributed by atoms with E-state index in [0.29, 0.717) is 6.54 Å². The van der Waals surface area contributed by atoms with Crippen LogP contribution in [0.4, 0.5) is 0 Å². The fourth-order valence-corrected chi connectivity index (χ4v) is 2.40. The van der Waals surface area contributed by atoms with E-state index >= 15 is 0 Å². The van der Waals surface area contributed by atoms with Gasteiger partial charge in [-0.3, -0.25) is 4.98 Å². The topological polar surface area (TPSA) is 54.4 Å². The van der Waals surface area contributed by atoms with E-state index in [1.54, 1.807) is 18.9 Å². The lowest BCUT2D eigenvalue weighted by molar-refractivity contribution is 0.275. The first-order valence-corrected chi connectivity index (χ1v) is 7.28. The van der Waals surface area contributed by atoms with Crippen molar-refractivity contribution in [3.05, 3.63) is 23.5 Å². The number of ether oxygens (including phenoxy) is 1. The summed E-state index contributed by atoms with van der Waals surface area (Å²) >= 11 is 1.67. The van der Waals surface area contributed by atoms with E-state index < -0.39 is 0 Å². The monoisotopic (exact) mass is 270 g/mol. The van der Waals surface area contributed by atoms with Crippen LogP contribution in [0.25, 0.3) is 0 Å². The Morgan fingerprint density at radius 2 is 2.22 bits per heavy atom. The number of thioether (sulfide) groups is 1. The van der Waals surface area contributed by atoms with Gasteiger partial charge in [-0.2, -0.15) is 11.8 Å². The number of aliphatic hydroxyl groups excluding tert-OH is 1. The molecule has 0 aliphatic heterocycles. The third kappa shape index (κ3) is 4.48. The molecule has 0 aromatic carbocycles. The second-order valence-corrected chi connectivity index (χ2v) is 5.34. The van der Waals surface area contributed by atoms with Crippen LogP contribution in [0, 0.1) is 6.92 Å². The summed E-state index contributed by atoms with van der Waals surface area (Å²) in [5, 5.41) is 12.8. The number of aryl methyl sites for hydroxylation is 1. The van der Waals surface area contributed by atoms with Gasteiger partial charge in [0, 0.05) is 35.7 Å². The van der Waals surface area contributed by atoms with Crippen LogP contribution < -0.4 is 10.1 Å². The van der Waals surface area contributed by atoms with Crippen molar-refractivity contribution in [2.24, 2.45) is 0 Å². The first-order valence-electron chi connectivity index (χ1n) is 5.99. The van der Waals surface area contributed by atoms with Crippen molar-refractivity contribution >= 4 is 11.8 Å². The Kier molecular flexibility index (Phi) is 6.46. The van der Waals surface area contributed by atoms with E-state index in [-0.39, 0.29) is 17.9 Å². The Bertz CT molecular complexity index is 370. The first-order chi connectivity index (χ1) is 8.60. The highest BCUT2D eigenvalue weighted by atomic mass is 32.2. The van der Waals surface area contributed by atoms with E-state index in [9.17, 15) is 5.11 Å². The fourth-order valence-electron chi connectivity index (χ4n) is 1.75. The average Bonchev–Trinajstić information content (AvgIpc) is 2.37. The van der Waals surface area contributed by atoms with Crippen molar-refractivity contribution < 1.29 is 9.84 Å². The minimum absolute atomic E-state index is 0.180. The highest BCUT2D eigenvalue weighted by molar-refractivity contribution is 7.99. The summed E-state index contributed by atoms with van der Waals surface area (Å²) in [5.74, 6) is 0.829. The number of nitrogens with zero attached hydrogens (tertiary/aromatic N) is 1. The first kappa shape index (κ1) is 15.3. The van der Waals surface area contributed by atoms with Crippen molar-refractivity contribution in [3.8, 4) is 5.75 Å². The summed E-state index contributed by atoms with van der Waals surface area (Å²) < 4.78 is 5.22. The molecule has 0 bridgehead atoms. The molecule has 1 rings (SSSR count). The Labute approximate surface area is 113 Å². The summed E-state index contributed by atoms with van der Waals surface area (Å²) in [6.07, 6.45) is 2.01. The van der Waals surface area contributed by atoms with Crippen LogP contribution in [-0.4, -0.2) is 41.4 Å². The predicted octanol–water partition coefficient (Wildman–Crippen LogP) is 1.60. The molecule has 0 spiro atoms. The average molecular weight is 270 g/mol. The number of aliphatic hydroxyl groups is 1. The van der Waals surface area contributed by atoms with E-state index in [0.717, 1.165) is 17.1 Å². The molecule has 0 radical (unpaired) electrons. The quantitative estimate of drug-likeness (QED) is 0.788. The maximum atomic E-state index is 9.22. The lowest BCUT2D eigenvalue weighted by Gasteiger charge is -2.21. The zero-order valence-corrected chi connectivity index (χ0v) is 12.3. The summed E-state index contributed by atoms with van der Waals surface area (Å²) in [7, 11) is 1.66. The maximum Gasteiger partial charge on any atom is 0.122 e. The van der Waals surface area contributed by atoms with E-state index in [4.69, 9.17) is 4.74 Å². The van der Waals surface area contributed by atoms with Crippen molar-refractivity contribution in [1.29, 1.82) is 0 Å². The number of nitrogens with one attached hydrogen (secondary N) is 1.